The van der Waals surface area contributed by atoms with E-state index < -0.39 is 20.6 Å². The highest BCUT2D eigenvalue weighted by molar-refractivity contribution is 7.92. The van der Waals surface area contributed by atoms with Crippen molar-refractivity contribution in [1.29, 1.82) is 0 Å². The number of sulfonamides is 1. The van der Waals surface area contributed by atoms with Crippen LogP contribution in [0.2, 0.25) is 10.0 Å². The second-order valence-electron chi connectivity index (χ2n) is 5.00. The number of nitro groups is 1. The predicted molar refractivity (Wildman–Crippen MR) is 95.7 cm³/mol. The monoisotopic (exact) mass is 397 g/mol. The number of nitrogens with zero attached hydrogens (tertiary/aromatic N) is 2. The van der Waals surface area contributed by atoms with Gasteiger partial charge in [-0.25, -0.2) is 8.42 Å². The summed E-state index contributed by atoms with van der Waals surface area (Å²) in [4.78, 5) is 14.1. The number of fused-ring (bicyclic) bond motifs is 1. The van der Waals surface area contributed by atoms with Crippen molar-refractivity contribution in [2.45, 2.75) is 4.90 Å². The number of halogens is 2. The molecule has 25 heavy (non-hydrogen) atoms. The van der Waals surface area contributed by atoms with Gasteiger partial charge >= 0.3 is 0 Å². The van der Waals surface area contributed by atoms with Gasteiger partial charge in [0.05, 0.1) is 21.0 Å². The topological polar surface area (TPSA) is 102 Å². The molecule has 0 saturated heterocycles. The third-order valence-electron chi connectivity index (χ3n) is 3.34. The maximum atomic E-state index is 12.6. The zero-order valence-electron chi connectivity index (χ0n) is 12.3. The van der Waals surface area contributed by atoms with Crippen LogP contribution in [-0.2, 0) is 10.0 Å². The number of hydrogen-bond acceptors (Lipinski definition) is 5. The number of benzene rings is 2. The van der Waals surface area contributed by atoms with Crippen LogP contribution in [-0.4, -0.2) is 18.3 Å². The minimum atomic E-state index is -4.11. The van der Waals surface area contributed by atoms with Crippen molar-refractivity contribution in [3.05, 3.63) is 68.8 Å². The first-order valence-electron chi connectivity index (χ1n) is 6.79. The van der Waals surface area contributed by atoms with E-state index in [0.717, 1.165) is 12.1 Å². The van der Waals surface area contributed by atoms with E-state index in [9.17, 15) is 18.5 Å². The Morgan fingerprint density at radius 1 is 1.12 bits per heavy atom. The van der Waals surface area contributed by atoms with E-state index in [-0.39, 0.29) is 15.6 Å². The Hall–Kier alpha value is -2.42. The van der Waals surface area contributed by atoms with Crippen molar-refractivity contribution in [2.75, 3.05) is 4.72 Å². The summed E-state index contributed by atoms with van der Waals surface area (Å²) in [6.45, 7) is 0. The van der Waals surface area contributed by atoms with Gasteiger partial charge in [-0.1, -0.05) is 29.3 Å². The normalized spacial score (nSPS) is 11.4. The van der Waals surface area contributed by atoms with Crippen molar-refractivity contribution in [2.24, 2.45) is 0 Å². The molecular formula is C15H9Cl2N3O4S. The molecule has 128 valence electrons. The lowest BCUT2D eigenvalue weighted by Crippen LogP contribution is -2.13. The Morgan fingerprint density at radius 3 is 2.60 bits per heavy atom. The first-order chi connectivity index (χ1) is 11.8. The van der Waals surface area contributed by atoms with Crippen molar-refractivity contribution in [1.82, 2.24) is 4.98 Å². The van der Waals surface area contributed by atoms with Gasteiger partial charge in [0.15, 0.2) is 0 Å². The van der Waals surface area contributed by atoms with Crippen molar-refractivity contribution < 1.29 is 13.3 Å². The van der Waals surface area contributed by atoms with E-state index in [4.69, 9.17) is 23.2 Å². The van der Waals surface area contributed by atoms with Gasteiger partial charge in [0.1, 0.15) is 5.02 Å². The van der Waals surface area contributed by atoms with Gasteiger partial charge in [-0.2, -0.15) is 0 Å². The summed E-state index contributed by atoms with van der Waals surface area (Å²) in [5.74, 6) is 0. The quantitative estimate of drug-likeness (QED) is 0.523. The summed E-state index contributed by atoms with van der Waals surface area (Å²) < 4.78 is 27.6. The number of anilines is 1. The number of nitro benzene ring substituents is 1. The fourth-order valence-electron chi connectivity index (χ4n) is 2.24. The Balaban J connectivity index is 2.09. The van der Waals surface area contributed by atoms with Crippen LogP contribution in [0.5, 0.6) is 0 Å². The molecule has 0 spiro atoms. The predicted octanol–water partition coefficient (Wildman–Crippen LogP) is 4.25. The van der Waals surface area contributed by atoms with E-state index in [1.165, 1.54) is 18.3 Å². The van der Waals surface area contributed by atoms with Crippen LogP contribution in [0.1, 0.15) is 0 Å². The highest BCUT2D eigenvalue weighted by Crippen LogP contribution is 2.31. The highest BCUT2D eigenvalue weighted by atomic mass is 35.5. The van der Waals surface area contributed by atoms with Crippen LogP contribution in [0, 0.1) is 10.1 Å². The largest absolute Gasteiger partial charge is 0.289 e. The molecule has 0 saturated carbocycles. The maximum Gasteiger partial charge on any atom is 0.289 e. The van der Waals surface area contributed by atoms with E-state index >= 15 is 0 Å². The maximum absolute atomic E-state index is 12.6. The van der Waals surface area contributed by atoms with Crippen molar-refractivity contribution in [3.63, 3.8) is 0 Å². The lowest BCUT2D eigenvalue weighted by atomic mass is 10.2. The second kappa shape index (κ2) is 6.47. The third kappa shape index (κ3) is 3.51. The van der Waals surface area contributed by atoms with Crippen LogP contribution in [0.4, 0.5) is 11.4 Å². The highest BCUT2D eigenvalue weighted by Gasteiger charge is 2.22. The fraction of sp³-hybridized carbons (Fsp3) is 0. The first kappa shape index (κ1) is 17.4. The number of pyridine rings is 1. The standard InChI is InChI=1S/C15H9Cl2N3O4S/c16-10-6-9-2-1-5-18-15(9)13(7-10)19-25(23,24)11-3-4-12(17)14(8-11)20(21)22/h1-8,19H. The summed E-state index contributed by atoms with van der Waals surface area (Å²) in [6.07, 6.45) is 1.52. The van der Waals surface area contributed by atoms with Crippen molar-refractivity contribution >= 4 is 55.5 Å². The Kier molecular flexibility index (Phi) is 4.51. The van der Waals surface area contributed by atoms with E-state index in [1.807, 2.05) is 0 Å². The summed E-state index contributed by atoms with van der Waals surface area (Å²) in [6, 6.07) is 9.72. The molecule has 10 heteroatoms. The molecular weight excluding hydrogens is 389 g/mol. The Morgan fingerprint density at radius 2 is 1.88 bits per heavy atom. The minimum absolute atomic E-state index is 0.154. The zero-order chi connectivity index (χ0) is 18.2. The molecule has 1 N–H and O–H groups in total. The number of nitrogens with one attached hydrogen (secondary N) is 1. The molecule has 7 nitrogen and oxygen atoms in total. The Bertz CT molecular complexity index is 1100. The third-order valence-corrected chi connectivity index (χ3v) is 5.24. The van der Waals surface area contributed by atoms with E-state index in [2.05, 4.69) is 9.71 Å². The van der Waals surface area contributed by atoms with E-state index in [1.54, 1.807) is 18.2 Å². The molecule has 0 radical (unpaired) electrons. The molecule has 1 heterocycles. The Labute approximate surface area is 152 Å². The summed E-state index contributed by atoms with van der Waals surface area (Å²) in [7, 11) is -4.11. The fourth-order valence-corrected chi connectivity index (χ4v) is 3.73. The van der Waals surface area contributed by atoms with Crippen molar-refractivity contribution in [3.8, 4) is 0 Å². The van der Waals surface area contributed by atoms with Gasteiger partial charge in [0.25, 0.3) is 15.7 Å². The smallest absolute Gasteiger partial charge is 0.277 e. The second-order valence-corrected chi connectivity index (χ2v) is 7.53. The van der Waals surface area contributed by atoms with Crippen LogP contribution < -0.4 is 4.72 Å². The van der Waals surface area contributed by atoms with Crippen LogP contribution in [0.25, 0.3) is 10.9 Å². The molecule has 3 aromatic rings. The number of hydrogen-bond donors (Lipinski definition) is 1. The molecule has 0 bridgehead atoms. The molecule has 1 aromatic heterocycles. The van der Waals surface area contributed by atoms with Gasteiger partial charge in [-0.05, 0) is 30.3 Å². The molecule has 0 aliphatic carbocycles. The number of rotatable bonds is 4. The van der Waals surface area contributed by atoms with E-state index in [0.29, 0.717) is 15.9 Å². The van der Waals surface area contributed by atoms with Crippen LogP contribution in [0.15, 0.2) is 53.6 Å². The van der Waals surface area contributed by atoms with Gasteiger partial charge in [-0.3, -0.25) is 19.8 Å². The summed E-state index contributed by atoms with van der Waals surface area (Å²) in [5.41, 5.74) is 0.0678. The molecule has 0 atom stereocenters. The lowest BCUT2D eigenvalue weighted by molar-refractivity contribution is -0.384. The molecule has 0 aliphatic rings. The molecule has 0 unspecified atom stereocenters. The lowest BCUT2D eigenvalue weighted by Gasteiger charge is -2.11. The minimum Gasteiger partial charge on any atom is -0.277 e. The first-order valence-corrected chi connectivity index (χ1v) is 9.03. The van der Waals surface area contributed by atoms with Gasteiger partial charge in [0.2, 0.25) is 0 Å². The van der Waals surface area contributed by atoms with Crippen LogP contribution in [0.3, 0.4) is 0 Å². The molecule has 3 rings (SSSR count). The molecule has 0 amide bonds. The van der Waals surface area contributed by atoms with Gasteiger partial charge < -0.3 is 0 Å². The SMILES string of the molecule is O=[N+]([O-])c1cc(S(=O)(=O)Nc2cc(Cl)cc3cccnc23)ccc1Cl. The summed E-state index contributed by atoms with van der Waals surface area (Å²) >= 11 is 11.7. The van der Waals surface area contributed by atoms with Crippen LogP contribution >= 0.6 is 23.2 Å². The average molecular weight is 398 g/mol. The molecule has 0 aliphatic heterocycles. The summed E-state index contributed by atoms with van der Waals surface area (Å²) in [5, 5.41) is 11.8. The number of aromatic nitrogens is 1. The van der Waals surface area contributed by atoms with Gasteiger partial charge in [-0.15, -0.1) is 0 Å². The average Bonchev–Trinajstić information content (AvgIpc) is 2.54. The van der Waals surface area contributed by atoms with Gasteiger partial charge in [0, 0.05) is 22.7 Å². The zero-order valence-corrected chi connectivity index (χ0v) is 14.6. The molecule has 0 fully saturated rings. The molecule has 2 aromatic carbocycles.